The molecule has 0 bridgehead atoms. The maximum absolute atomic E-state index is 14.3. The number of alkyl halides is 3. The third-order valence-corrected chi connectivity index (χ3v) is 2.76. The molecular weight excluding hydrogens is 269 g/mol. The molecule has 0 aliphatic heterocycles. The summed E-state index contributed by atoms with van der Waals surface area (Å²) < 4.78 is 45.9. The van der Waals surface area contributed by atoms with Crippen molar-refractivity contribution in [2.45, 2.75) is 66.0 Å². The lowest BCUT2D eigenvalue weighted by molar-refractivity contribution is -0.0992. The van der Waals surface area contributed by atoms with Crippen molar-refractivity contribution in [3.8, 4) is 0 Å². The van der Waals surface area contributed by atoms with E-state index in [1.807, 2.05) is 20.8 Å². The zero-order chi connectivity index (χ0) is 16.2. The van der Waals surface area contributed by atoms with Crippen molar-refractivity contribution in [1.29, 1.82) is 0 Å². The Bertz CT molecular complexity index is 294. The van der Waals surface area contributed by atoms with Crippen LogP contribution in [0.1, 0.15) is 54.4 Å². The average molecular weight is 298 g/mol. The van der Waals surface area contributed by atoms with Crippen molar-refractivity contribution < 1.29 is 23.0 Å². The van der Waals surface area contributed by atoms with Gasteiger partial charge in [0, 0.05) is 6.42 Å². The number of aliphatic hydroxyl groups is 1. The van der Waals surface area contributed by atoms with Crippen LogP contribution in [0.3, 0.4) is 0 Å². The van der Waals surface area contributed by atoms with Gasteiger partial charge in [-0.3, -0.25) is 0 Å². The van der Waals surface area contributed by atoms with Gasteiger partial charge in [-0.05, 0) is 24.2 Å². The van der Waals surface area contributed by atoms with Crippen molar-refractivity contribution in [2.75, 3.05) is 19.8 Å². The van der Waals surface area contributed by atoms with E-state index in [1.165, 1.54) is 6.92 Å². The lowest BCUT2D eigenvalue weighted by Gasteiger charge is -2.32. The van der Waals surface area contributed by atoms with Crippen LogP contribution in [-0.4, -0.2) is 36.5 Å². The number of ether oxygens (including phenoxy) is 1. The predicted molar refractivity (Wildman–Crippen MR) is 74.8 cm³/mol. The van der Waals surface area contributed by atoms with Gasteiger partial charge in [0.1, 0.15) is 12.3 Å². The van der Waals surface area contributed by atoms with Gasteiger partial charge in [-0.2, -0.15) is 0 Å². The fraction of sp³-hybridized carbons (Fsp3) is 1.00. The lowest BCUT2D eigenvalue weighted by atomic mass is 9.84. The number of hydrogen-bond donors (Lipinski definition) is 1. The van der Waals surface area contributed by atoms with Crippen LogP contribution in [0.15, 0.2) is 0 Å². The molecule has 1 unspecified atom stereocenters. The van der Waals surface area contributed by atoms with Gasteiger partial charge < -0.3 is 9.84 Å². The molecule has 2 nitrogen and oxygen atoms in total. The topological polar surface area (TPSA) is 29.5 Å². The van der Waals surface area contributed by atoms with E-state index in [-0.39, 0.29) is 18.6 Å². The van der Waals surface area contributed by atoms with Gasteiger partial charge in [0.25, 0.3) is 5.92 Å². The summed E-state index contributed by atoms with van der Waals surface area (Å²) in [5.74, 6) is -3.13. The summed E-state index contributed by atoms with van der Waals surface area (Å²) in [6.07, 6.45) is -0.147. The second-order valence-corrected chi connectivity index (χ2v) is 8.00. The molecule has 0 fully saturated rings. The first-order valence-corrected chi connectivity index (χ1v) is 6.94. The third-order valence-electron chi connectivity index (χ3n) is 2.76. The fourth-order valence-electron chi connectivity index (χ4n) is 2.50. The van der Waals surface area contributed by atoms with E-state index in [2.05, 4.69) is 0 Å². The molecule has 0 radical (unpaired) electrons. The third kappa shape index (κ3) is 9.59. The maximum Gasteiger partial charge on any atom is 0.271 e. The van der Waals surface area contributed by atoms with Gasteiger partial charge in [0.15, 0.2) is 0 Å². The normalized spacial score (nSPS) is 17.1. The molecule has 0 amide bonds. The first-order valence-electron chi connectivity index (χ1n) is 6.94. The molecule has 0 aromatic rings. The molecule has 122 valence electrons. The molecule has 0 heterocycles. The summed E-state index contributed by atoms with van der Waals surface area (Å²) in [5, 5.41) is 8.59. The van der Waals surface area contributed by atoms with Crippen LogP contribution in [0.4, 0.5) is 13.2 Å². The molecule has 0 aliphatic carbocycles. The summed E-state index contributed by atoms with van der Waals surface area (Å²) in [6.45, 7) is 9.27. The largest absolute Gasteiger partial charge is 0.390 e. The van der Waals surface area contributed by atoms with Gasteiger partial charge in [0.2, 0.25) is 0 Å². The number of hydrogen-bond acceptors (Lipinski definition) is 2. The summed E-state index contributed by atoms with van der Waals surface area (Å²) >= 11 is 0. The number of rotatable bonds is 8. The Labute approximate surface area is 120 Å². The molecule has 1 N–H and O–H groups in total. The van der Waals surface area contributed by atoms with Crippen molar-refractivity contribution >= 4 is 0 Å². The Balaban J connectivity index is 4.28. The van der Waals surface area contributed by atoms with Gasteiger partial charge in [-0.1, -0.05) is 34.6 Å². The van der Waals surface area contributed by atoms with Crippen molar-refractivity contribution in [1.82, 2.24) is 0 Å². The van der Waals surface area contributed by atoms with Crippen LogP contribution in [0.2, 0.25) is 0 Å². The number of aliphatic hydroxyl groups excluding tert-OH is 1. The maximum atomic E-state index is 14.3. The van der Waals surface area contributed by atoms with Crippen LogP contribution in [0, 0.1) is 10.8 Å². The van der Waals surface area contributed by atoms with Gasteiger partial charge in [-0.15, -0.1) is 0 Å². The van der Waals surface area contributed by atoms with E-state index >= 15 is 0 Å². The molecule has 20 heavy (non-hydrogen) atoms. The van der Waals surface area contributed by atoms with Gasteiger partial charge in [-0.25, -0.2) is 13.2 Å². The second kappa shape index (κ2) is 6.65. The van der Waals surface area contributed by atoms with Crippen LogP contribution in [0.5, 0.6) is 0 Å². The van der Waals surface area contributed by atoms with Crippen LogP contribution in [-0.2, 0) is 4.74 Å². The molecule has 5 heteroatoms. The Morgan fingerprint density at radius 3 is 1.75 bits per heavy atom. The molecule has 1 atom stereocenters. The van der Waals surface area contributed by atoms with E-state index in [4.69, 9.17) is 9.84 Å². The van der Waals surface area contributed by atoms with E-state index in [0.29, 0.717) is 6.42 Å². The zero-order valence-corrected chi connectivity index (χ0v) is 13.5. The van der Waals surface area contributed by atoms with Crippen LogP contribution >= 0.6 is 0 Å². The van der Waals surface area contributed by atoms with E-state index in [0.717, 1.165) is 0 Å². The van der Waals surface area contributed by atoms with Crippen LogP contribution in [0.25, 0.3) is 0 Å². The SMILES string of the molecule is CC(C)(C)CC(C)(F)COCC(C)(C)CC(F)(F)CO. The van der Waals surface area contributed by atoms with Gasteiger partial charge >= 0.3 is 0 Å². The molecule has 0 aromatic carbocycles. The smallest absolute Gasteiger partial charge is 0.271 e. The minimum atomic E-state index is -3.13. The minimum Gasteiger partial charge on any atom is -0.390 e. The molecule has 0 aliphatic rings. The highest BCUT2D eigenvalue weighted by atomic mass is 19.3. The Kier molecular flexibility index (Phi) is 6.55. The molecule has 0 saturated heterocycles. The molecule has 0 saturated carbocycles. The first-order chi connectivity index (χ1) is 8.68. The summed E-state index contributed by atoms with van der Waals surface area (Å²) in [4.78, 5) is 0. The second-order valence-electron chi connectivity index (χ2n) is 8.00. The zero-order valence-electron chi connectivity index (χ0n) is 13.5. The summed E-state index contributed by atoms with van der Waals surface area (Å²) in [6, 6.07) is 0. The molecule has 0 spiro atoms. The average Bonchev–Trinajstić information content (AvgIpc) is 2.10. The van der Waals surface area contributed by atoms with Gasteiger partial charge in [0.05, 0.1) is 13.2 Å². The van der Waals surface area contributed by atoms with Crippen molar-refractivity contribution in [3.05, 3.63) is 0 Å². The van der Waals surface area contributed by atoms with Crippen molar-refractivity contribution in [2.24, 2.45) is 10.8 Å². The monoisotopic (exact) mass is 298 g/mol. The lowest BCUT2D eigenvalue weighted by Crippen LogP contribution is -2.35. The molecular formula is C15H29F3O2. The Morgan fingerprint density at radius 2 is 1.35 bits per heavy atom. The molecule has 0 aromatic heterocycles. The predicted octanol–water partition coefficient (Wildman–Crippen LogP) is 4.21. The Hall–Kier alpha value is -0.290. The highest BCUT2D eigenvalue weighted by Gasteiger charge is 2.37. The quantitative estimate of drug-likeness (QED) is 0.727. The van der Waals surface area contributed by atoms with E-state index in [1.54, 1.807) is 13.8 Å². The minimum absolute atomic E-state index is 0.0340. The highest BCUT2D eigenvalue weighted by Crippen LogP contribution is 2.33. The Morgan fingerprint density at radius 1 is 0.850 bits per heavy atom. The standard InChI is InChI=1S/C15H29F3O2/c1-12(2,3)7-14(6,16)11-20-10-13(4,5)8-15(17,18)9-19/h19H,7-11H2,1-6H3. The number of halogens is 3. The van der Waals surface area contributed by atoms with E-state index < -0.39 is 30.0 Å². The highest BCUT2D eigenvalue weighted by molar-refractivity contribution is 4.81. The molecule has 0 rings (SSSR count). The van der Waals surface area contributed by atoms with E-state index in [9.17, 15) is 13.2 Å². The first kappa shape index (κ1) is 19.7. The van der Waals surface area contributed by atoms with Crippen molar-refractivity contribution in [3.63, 3.8) is 0 Å². The summed E-state index contributed by atoms with van der Waals surface area (Å²) in [7, 11) is 0. The summed E-state index contributed by atoms with van der Waals surface area (Å²) in [5.41, 5.74) is -2.45. The fourth-order valence-corrected chi connectivity index (χ4v) is 2.50. The van der Waals surface area contributed by atoms with Crippen LogP contribution < -0.4 is 0 Å².